The van der Waals surface area contributed by atoms with Gasteiger partial charge in [-0.2, -0.15) is 0 Å². The van der Waals surface area contributed by atoms with Crippen LogP contribution in [0.2, 0.25) is 0 Å². The summed E-state index contributed by atoms with van der Waals surface area (Å²) >= 11 is 0. The lowest BCUT2D eigenvalue weighted by Crippen LogP contribution is -2.30. The van der Waals surface area contributed by atoms with E-state index in [0.29, 0.717) is 16.8 Å². The standard InChI is InChI=1S/C32H26FN3O2/c1-22(37)11-12-23-7-6-10-28(17-23)36(32(38)24-8-4-3-5-9-24)20-27-14-13-25(18-29(27)33)26-15-16-31-30(19-26)34-21-35(31)2/h3-19,21H,20H2,1-2H3/b12-11+. The molecule has 0 atom stereocenters. The van der Waals surface area contributed by atoms with Gasteiger partial charge in [0.1, 0.15) is 5.82 Å². The van der Waals surface area contributed by atoms with Crippen LogP contribution in [0.4, 0.5) is 10.1 Å². The smallest absolute Gasteiger partial charge is 0.258 e. The minimum Gasteiger partial charge on any atom is -0.334 e. The van der Waals surface area contributed by atoms with Crippen LogP contribution in [0.25, 0.3) is 28.2 Å². The number of carbonyl (C=O) groups excluding carboxylic acids is 2. The summed E-state index contributed by atoms with van der Waals surface area (Å²) < 4.78 is 17.4. The number of anilines is 1. The van der Waals surface area contributed by atoms with Gasteiger partial charge in [0.05, 0.1) is 23.9 Å². The van der Waals surface area contributed by atoms with Crippen LogP contribution in [0.15, 0.2) is 103 Å². The summed E-state index contributed by atoms with van der Waals surface area (Å²) in [5.74, 6) is -0.721. The molecule has 0 fully saturated rings. The molecular weight excluding hydrogens is 477 g/mol. The second kappa shape index (κ2) is 10.6. The number of hydrogen-bond acceptors (Lipinski definition) is 3. The van der Waals surface area contributed by atoms with E-state index in [2.05, 4.69) is 4.98 Å². The van der Waals surface area contributed by atoms with E-state index in [-0.39, 0.29) is 18.2 Å². The van der Waals surface area contributed by atoms with Crippen LogP contribution < -0.4 is 4.90 Å². The molecule has 0 radical (unpaired) electrons. The van der Waals surface area contributed by atoms with E-state index in [1.165, 1.54) is 19.1 Å². The molecule has 1 heterocycles. The van der Waals surface area contributed by atoms with Crippen molar-refractivity contribution in [3.8, 4) is 11.1 Å². The quantitative estimate of drug-likeness (QED) is 0.229. The van der Waals surface area contributed by atoms with Gasteiger partial charge in [0.15, 0.2) is 5.78 Å². The predicted molar refractivity (Wildman–Crippen MR) is 149 cm³/mol. The Bertz CT molecular complexity index is 1670. The highest BCUT2D eigenvalue weighted by molar-refractivity contribution is 6.06. The number of nitrogens with zero attached hydrogens (tertiary/aromatic N) is 3. The van der Waals surface area contributed by atoms with E-state index < -0.39 is 5.82 Å². The fourth-order valence-electron chi connectivity index (χ4n) is 4.37. The zero-order valence-electron chi connectivity index (χ0n) is 21.1. The van der Waals surface area contributed by atoms with Gasteiger partial charge in [-0.1, -0.05) is 54.6 Å². The Hall–Kier alpha value is -4.84. The largest absolute Gasteiger partial charge is 0.334 e. The van der Waals surface area contributed by atoms with Crippen LogP contribution in [0.1, 0.15) is 28.4 Å². The van der Waals surface area contributed by atoms with E-state index in [0.717, 1.165) is 27.7 Å². The van der Waals surface area contributed by atoms with Crippen molar-refractivity contribution >= 4 is 34.5 Å². The van der Waals surface area contributed by atoms with Gasteiger partial charge in [-0.25, -0.2) is 9.37 Å². The summed E-state index contributed by atoms with van der Waals surface area (Å²) in [6.07, 6.45) is 4.93. The van der Waals surface area contributed by atoms with E-state index in [1.54, 1.807) is 53.7 Å². The Morgan fingerprint density at radius 1 is 0.921 bits per heavy atom. The first-order chi connectivity index (χ1) is 18.4. The summed E-state index contributed by atoms with van der Waals surface area (Å²) in [6.45, 7) is 1.52. The molecule has 188 valence electrons. The number of hydrogen-bond donors (Lipinski definition) is 0. The Morgan fingerprint density at radius 2 is 1.68 bits per heavy atom. The number of amides is 1. The van der Waals surface area contributed by atoms with Crippen molar-refractivity contribution in [1.82, 2.24) is 9.55 Å². The highest BCUT2D eigenvalue weighted by Gasteiger charge is 2.20. The Balaban J connectivity index is 1.49. The molecule has 0 saturated carbocycles. The molecule has 0 aliphatic heterocycles. The van der Waals surface area contributed by atoms with Crippen LogP contribution in [-0.2, 0) is 18.4 Å². The first-order valence-corrected chi connectivity index (χ1v) is 12.2. The van der Waals surface area contributed by atoms with Gasteiger partial charge in [-0.15, -0.1) is 0 Å². The average Bonchev–Trinajstić information content (AvgIpc) is 3.31. The summed E-state index contributed by atoms with van der Waals surface area (Å²) in [5, 5.41) is 0. The third-order valence-electron chi connectivity index (χ3n) is 6.40. The average molecular weight is 504 g/mol. The maximum atomic E-state index is 15.5. The fourth-order valence-corrected chi connectivity index (χ4v) is 4.37. The molecule has 1 aromatic heterocycles. The molecule has 0 spiro atoms. The summed E-state index contributed by atoms with van der Waals surface area (Å²) in [4.78, 5) is 30.9. The number of aryl methyl sites for hydroxylation is 1. The third kappa shape index (κ3) is 5.30. The normalized spacial score (nSPS) is 11.2. The molecule has 0 aliphatic rings. The van der Waals surface area contributed by atoms with Gasteiger partial charge in [0.25, 0.3) is 5.91 Å². The minimum atomic E-state index is -0.401. The first kappa shape index (κ1) is 24.8. The Labute approximate surface area is 220 Å². The van der Waals surface area contributed by atoms with E-state index in [1.807, 2.05) is 60.1 Å². The molecule has 1 amide bonds. The van der Waals surface area contributed by atoms with Crippen molar-refractivity contribution in [2.24, 2.45) is 7.05 Å². The van der Waals surface area contributed by atoms with E-state index >= 15 is 4.39 Å². The Kier molecular flexibility index (Phi) is 6.96. The van der Waals surface area contributed by atoms with Gasteiger partial charge >= 0.3 is 0 Å². The van der Waals surface area contributed by atoms with Gasteiger partial charge in [0.2, 0.25) is 0 Å². The van der Waals surface area contributed by atoms with Crippen molar-refractivity contribution in [3.63, 3.8) is 0 Å². The maximum Gasteiger partial charge on any atom is 0.258 e. The molecule has 5 rings (SSSR count). The van der Waals surface area contributed by atoms with Crippen LogP contribution in [0.3, 0.4) is 0 Å². The molecule has 38 heavy (non-hydrogen) atoms. The van der Waals surface area contributed by atoms with Gasteiger partial charge < -0.3 is 9.47 Å². The van der Waals surface area contributed by atoms with Crippen molar-refractivity contribution < 1.29 is 14.0 Å². The molecule has 4 aromatic carbocycles. The molecular formula is C32H26FN3O2. The molecule has 0 N–H and O–H groups in total. The number of ketones is 1. The molecule has 5 nitrogen and oxygen atoms in total. The number of benzene rings is 4. The lowest BCUT2D eigenvalue weighted by Gasteiger charge is -2.24. The fraction of sp³-hybridized carbons (Fsp3) is 0.0938. The number of allylic oxidation sites excluding steroid dienone is 1. The zero-order valence-corrected chi connectivity index (χ0v) is 21.1. The second-order valence-electron chi connectivity index (χ2n) is 9.16. The number of imidazole rings is 1. The highest BCUT2D eigenvalue weighted by atomic mass is 19.1. The van der Waals surface area contributed by atoms with E-state index in [4.69, 9.17) is 0 Å². The van der Waals surface area contributed by atoms with Crippen LogP contribution in [-0.4, -0.2) is 21.2 Å². The second-order valence-corrected chi connectivity index (χ2v) is 9.16. The molecule has 0 unspecified atom stereocenters. The molecule has 0 bridgehead atoms. The van der Waals surface area contributed by atoms with Gasteiger partial charge in [-0.3, -0.25) is 9.59 Å². The Morgan fingerprint density at radius 3 is 2.45 bits per heavy atom. The number of rotatable bonds is 7. The summed E-state index contributed by atoms with van der Waals surface area (Å²) in [7, 11) is 1.93. The third-order valence-corrected chi connectivity index (χ3v) is 6.40. The molecule has 0 saturated heterocycles. The zero-order chi connectivity index (χ0) is 26.6. The predicted octanol–water partition coefficient (Wildman–Crippen LogP) is 6.83. The topological polar surface area (TPSA) is 55.2 Å². The van der Waals surface area contributed by atoms with Crippen LogP contribution in [0, 0.1) is 5.82 Å². The van der Waals surface area contributed by atoms with Crippen LogP contribution in [0.5, 0.6) is 0 Å². The van der Waals surface area contributed by atoms with Crippen molar-refractivity contribution in [3.05, 3.63) is 126 Å². The minimum absolute atomic E-state index is 0.0407. The first-order valence-electron chi connectivity index (χ1n) is 12.2. The SMILES string of the molecule is CC(=O)/C=C/c1cccc(N(Cc2ccc(-c3ccc4c(c3)ncn4C)cc2F)C(=O)c2ccccc2)c1. The number of fused-ring (bicyclic) bond motifs is 1. The molecule has 6 heteroatoms. The van der Waals surface area contributed by atoms with Gasteiger partial charge in [-0.05, 0) is 72.2 Å². The number of aromatic nitrogens is 2. The number of halogens is 1. The van der Waals surface area contributed by atoms with Gasteiger partial charge in [0, 0.05) is 23.9 Å². The molecule has 5 aromatic rings. The maximum absolute atomic E-state index is 15.5. The lowest BCUT2D eigenvalue weighted by molar-refractivity contribution is -0.112. The molecule has 0 aliphatic carbocycles. The van der Waals surface area contributed by atoms with Crippen molar-refractivity contribution in [2.45, 2.75) is 13.5 Å². The van der Waals surface area contributed by atoms with E-state index in [9.17, 15) is 9.59 Å². The monoisotopic (exact) mass is 503 g/mol. The lowest BCUT2D eigenvalue weighted by atomic mass is 10.0. The van der Waals surface area contributed by atoms with Crippen molar-refractivity contribution in [1.29, 1.82) is 0 Å². The highest BCUT2D eigenvalue weighted by Crippen LogP contribution is 2.28. The summed E-state index contributed by atoms with van der Waals surface area (Å²) in [6, 6.07) is 27.1. The van der Waals surface area contributed by atoms with Crippen molar-refractivity contribution in [2.75, 3.05) is 4.90 Å². The van der Waals surface area contributed by atoms with Crippen LogP contribution >= 0.6 is 0 Å². The number of carbonyl (C=O) groups is 2. The summed E-state index contributed by atoms with van der Waals surface area (Å²) in [5.41, 5.74) is 5.70.